The van der Waals surface area contributed by atoms with Crippen LogP contribution in [-0.2, 0) is 9.59 Å². The molecule has 0 radical (unpaired) electrons. The highest BCUT2D eigenvalue weighted by Gasteiger charge is 2.23. The van der Waals surface area contributed by atoms with E-state index in [-0.39, 0.29) is 37.0 Å². The molecular weight excluding hydrogens is 344 g/mol. The largest absolute Gasteiger partial charge is 0.482 e. The van der Waals surface area contributed by atoms with E-state index in [1.54, 1.807) is 25.2 Å². The Morgan fingerprint density at radius 3 is 2.48 bits per heavy atom. The second kappa shape index (κ2) is 7.61. The predicted octanol–water partition coefficient (Wildman–Crippen LogP) is 3.26. The van der Waals surface area contributed by atoms with Gasteiger partial charge in [-0.2, -0.15) is 0 Å². The Bertz CT molecular complexity index is 900. The zero-order chi connectivity index (χ0) is 19.6. The molecule has 2 aromatic rings. The number of likely N-dealkylation sites (N-methyl/N-ethyl adjacent to an activating group) is 1. The molecule has 0 bridgehead atoms. The van der Waals surface area contributed by atoms with Crippen molar-refractivity contribution in [2.45, 2.75) is 26.7 Å². The number of benzene rings is 2. The summed E-state index contributed by atoms with van der Waals surface area (Å²) in [5.74, 6) is 0.0443. The smallest absolute Gasteiger partial charge is 0.264 e. The van der Waals surface area contributed by atoms with Gasteiger partial charge in [-0.1, -0.05) is 6.07 Å². The number of hydrogen-bond acceptors (Lipinski definition) is 4. The summed E-state index contributed by atoms with van der Waals surface area (Å²) in [5.41, 5.74) is 3.89. The number of hydrogen-bond donors (Lipinski definition) is 1. The summed E-state index contributed by atoms with van der Waals surface area (Å²) in [6.07, 6.45) is 0.183. The van der Waals surface area contributed by atoms with Crippen molar-refractivity contribution in [1.82, 2.24) is 0 Å². The quantitative estimate of drug-likeness (QED) is 0.824. The maximum Gasteiger partial charge on any atom is 0.264 e. The van der Waals surface area contributed by atoms with Crippen molar-refractivity contribution in [3.8, 4) is 5.75 Å². The van der Waals surface area contributed by atoms with Gasteiger partial charge < -0.3 is 15.0 Å². The number of rotatable bonds is 5. The van der Waals surface area contributed by atoms with Crippen LogP contribution < -0.4 is 15.0 Å². The molecule has 6 heteroatoms. The van der Waals surface area contributed by atoms with Crippen LogP contribution in [0.1, 0.15) is 34.3 Å². The lowest BCUT2D eigenvalue weighted by atomic mass is 10.0. The lowest BCUT2D eigenvalue weighted by molar-refractivity contribution is -0.121. The number of carbonyl (C=O) groups excluding carboxylic acids is 3. The van der Waals surface area contributed by atoms with Crippen LogP contribution in [0.3, 0.4) is 0 Å². The van der Waals surface area contributed by atoms with Crippen molar-refractivity contribution in [2.24, 2.45) is 0 Å². The third-order valence-electron chi connectivity index (χ3n) is 4.45. The average molecular weight is 366 g/mol. The van der Waals surface area contributed by atoms with E-state index in [0.29, 0.717) is 17.0 Å². The fourth-order valence-corrected chi connectivity index (χ4v) is 3.09. The third-order valence-corrected chi connectivity index (χ3v) is 4.45. The Hall–Kier alpha value is -3.15. The van der Waals surface area contributed by atoms with Gasteiger partial charge in [0, 0.05) is 31.1 Å². The monoisotopic (exact) mass is 366 g/mol. The van der Waals surface area contributed by atoms with E-state index in [4.69, 9.17) is 4.74 Å². The zero-order valence-corrected chi connectivity index (χ0v) is 15.7. The van der Waals surface area contributed by atoms with E-state index in [0.717, 1.165) is 16.8 Å². The minimum atomic E-state index is -0.207. The maximum atomic E-state index is 12.5. The molecule has 0 atom stereocenters. The first-order chi connectivity index (χ1) is 12.8. The van der Waals surface area contributed by atoms with Crippen molar-refractivity contribution < 1.29 is 19.1 Å². The standard InChI is InChI=1S/C21H22N2O4/c1-13-8-14(2)10-16(9-13)22-20(25)7-5-18(24)15-4-6-19-17(11-15)23(3)21(26)12-27-19/h4,6,8-11H,5,7,12H2,1-3H3,(H,22,25). The molecule has 27 heavy (non-hydrogen) atoms. The molecule has 2 amide bonds. The summed E-state index contributed by atoms with van der Waals surface area (Å²) in [6, 6.07) is 10.8. The van der Waals surface area contributed by atoms with Crippen molar-refractivity contribution >= 4 is 29.0 Å². The van der Waals surface area contributed by atoms with Gasteiger partial charge >= 0.3 is 0 Å². The highest BCUT2D eigenvalue weighted by molar-refractivity contribution is 6.03. The number of carbonyl (C=O) groups is 3. The number of Topliss-reactive ketones (excluding diaryl/α,β-unsaturated/α-hetero) is 1. The Balaban J connectivity index is 1.62. The van der Waals surface area contributed by atoms with Gasteiger partial charge in [-0.3, -0.25) is 14.4 Å². The van der Waals surface area contributed by atoms with Crippen molar-refractivity contribution in [2.75, 3.05) is 23.9 Å². The lowest BCUT2D eigenvalue weighted by Crippen LogP contribution is -2.35. The summed E-state index contributed by atoms with van der Waals surface area (Å²) >= 11 is 0. The van der Waals surface area contributed by atoms with Crippen LogP contribution in [0.5, 0.6) is 5.75 Å². The van der Waals surface area contributed by atoms with Gasteiger partial charge in [-0.25, -0.2) is 0 Å². The zero-order valence-electron chi connectivity index (χ0n) is 15.7. The fraction of sp³-hybridized carbons (Fsp3) is 0.286. The van der Waals surface area contributed by atoms with Crippen LogP contribution in [-0.4, -0.2) is 31.3 Å². The second-order valence-electron chi connectivity index (χ2n) is 6.77. The van der Waals surface area contributed by atoms with Crippen molar-refractivity contribution in [1.29, 1.82) is 0 Å². The summed E-state index contributed by atoms with van der Waals surface area (Å²) < 4.78 is 5.36. The summed E-state index contributed by atoms with van der Waals surface area (Å²) in [7, 11) is 1.65. The predicted molar refractivity (Wildman–Crippen MR) is 103 cm³/mol. The SMILES string of the molecule is Cc1cc(C)cc(NC(=O)CCC(=O)c2ccc3c(c2)N(C)C(=O)CO3)c1. The molecule has 0 unspecified atom stereocenters. The van der Waals surface area contributed by atoms with E-state index in [1.807, 2.05) is 32.0 Å². The van der Waals surface area contributed by atoms with E-state index in [1.165, 1.54) is 4.90 Å². The molecule has 0 spiro atoms. The molecule has 3 rings (SSSR count). The van der Waals surface area contributed by atoms with Crippen LogP contribution in [0.4, 0.5) is 11.4 Å². The number of aryl methyl sites for hydroxylation is 2. The van der Waals surface area contributed by atoms with E-state index >= 15 is 0 Å². The molecule has 0 saturated carbocycles. The number of nitrogens with zero attached hydrogens (tertiary/aromatic N) is 1. The molecular formula is C21H22N2O4. The van der Waals surface area contributed by atoms with Gasteiger partial charge in [0.15, 0.2) is 12.4 Å². The number of amides is 2. The molecule has 1 aliphatic heterocycles. The summed E-state index contributed by atoms with van der Waals surface area (Å²) in [4.78, 5) is 37.8. The molecule has 0 fully saturated rings. The first-order valence-corrected chi connectivity index (χ1v) is 8.78. The van der Waals surface area contributed by atoms with Crippen LogP contribution in [0.2, 0.25) is 0 Å². The number of ether oxygens (including phenoxy) is 1. The topological polar surface area (TPSA) is 75.7 Å². The number of ketones is 1. The summed E-state index contributed by atoms with van der Waals surface area (Å²) in [6.45, 7) is 3.93. The molecule has 2 aromatic carbocycles. The number of anilines is 2. The van der Waals surface area contributed by atoms with E-state index in [9.17, 15) is 14.4 Å². The first kappa shape index (κ1) is 18.6. The molecule has 0 aromatic heterocycles. The van der Waals surface area contributed by atoms with Gasteiger partial charge in [-0.05, 0) is 55.3 Å². The minimum Gasteiger partial charge on any atom is -0.482 e. The Morgan fingerprint density at radius 2 is 1.78 bits per heavy atom. The Kier molecular flexibility index (Phi) is 5.26. The number of nitrogens with one attached hydrogen (secondary N) is 1. The first-order valence-electron chi connectivity index (χ1n) is 8.78. The van der Waals surface area contributed by atoms with Gasteiger partial charge in [0.2, 0.25) is 5.91 Å². The average Bonchev–Trinajstić information content (AvgIpc) is 2.61. The fourth-order valence-electron chi connectivity index (χ4n) is 3.09. The number of fused-ring (bicyclic) bond motifs is 1. The lowest BCUT2D eigenvalue weighted by Gasteiger charge is -2.26. The minimum absolute atomic E-state index is 0.00456. The van der Waals surface area contributed by atoms with Gasteiger partial charge in [0.05, 0.1) is 5.69 Å². The van der Waals surface area contributed by atoms with Gasteiger partial charge in [0.25, 0.3) is 5.91 Å². The Labute approximate surface area is 158 Å². The summed E-state index contributed by atoms with van der Waals surface area (Å²) in [5, 5.41) is 2.83. The van der Waals surface area contributed by atoms with Crippen LogP contribution in [0.25, 0.3) is 0 Å². The molecule has 6 nitrogen and oxygen atoms in total. The van der Waals surface area contributed by atoms with E-state index in [2.05, 4.69) is 5.32 Å². The molecule has 0 aliphatic carbocycles. The highest BCUT2D eigenvalue weighted by atomic mass is 16.5. The van der Waals surface area contributed by atoms with Crippen molar-refractivity contribution in [3.05, 3.63) is 53.1 Å². The van der Waals surface area contributed by atoms with Crippen LogP contribution >= 0.6 is 0 Å². The molecule has 140 valence electrons. The highest BCUT2D eigenvalue weighted by Crippen LogP contribution is 2.32. The molecule has 0 saturated heterocycles. The molecule has 1 aliphatic rings. The van der Waals surface area contributed by atoms with E-state index < -0.39 is 0 Å². The Morgan fingerprint density at radius 1 is 1.07 bits per heavy atom. The maximum absolute atomic E-state index is 12.5. The van der Waals surface area contributed by atoms with Gasteiger partial charge in [-0.15, -0.1) is 0 Å². The van der Waals surface area contributed by atoms with Crippen molar-refractivity contribution in [3.63, 3.8) is 0 Å². The molecule has 1 heterocycles. The van der Waals surface area contributed by atoms with Gasteiger partial charge in [0.1, 0.15) is 5.75 Å². The van der Waals surface area contributed by atoms with Crippen LogP contribution in [0, 0.1) is 13.8 Å². The normalized spacial score (nSPS) is 13.0. The third kappa shape index (κ3) is 4.34. The van der Waals surface area contributed by atoms with Crippen LogP contribution in [0.15, 0.2) is 36.4 Å². The molecule has 1 N–H and O–H groups in total. The second-order valence-corrected chi connectivity index (χ2v) is 6.77.